The average molecular weight is 437 g/mol. The lowest BCUT2D eigenvalue weighted by Gasteiger charge is -2.25. The van der Waals surface area contributed by atoms with Crippen molar-refractivity contribution < 1.29 is 9.59 Å². The molecule has 0 spiro atoms. The Morgan fingerprint density at radius 2 is 1.77 bits per heavy atom. The van der Waals surface area contributed by atoms with E-state index in [4.69, 9.17) is 11.6 Å². The van der Waals surface area contributed by atoms with E-state index < -0.39 is 0 Å². The molecule has 1 N–H and O–H groups in total. The lowest BCUT2D eigenvalue weighted by atomic mass is 10.1. The van der Waals surface area contributed by atoms with Crippen LogP contribution in [0.3, 0.4) is 0 Å². The van der Waals surface area contributed by atoms with E-state index in [2.05, 4.69) is 11.4 Å². The fourth-order valence-corrected chi connectivity index (χ4v) is 5.04. The van der Waals surface area contributed by atoms with Gasteiger partial charge in [-0.25, -0.2) is 0 Å². The van der Waals surface area contributed by atoms with Gasteiger partial charge < -0.3 is 5.32 Å². The van der Waals surface area contributed by atoms with Gasteiger partial charge in [-0.05, 0) is 66.9 Å². The Morgan fingerprint density at radius 1 is 1.03 bits per heavy atom. The number of carbonyl (C=O) groups excluding carboxylic acids is 2. The van der Waals surface area contributed by atoms with Crippen molar-refractivity contribution in [2.24, 2.45) is 0 Å². The number of thioether (sulfide) groups is 1. The van der Waals surface area contributed by atoms with E-state index >= 15 is 0 Å². The zero-order valence-corrected chi connectivity index (χ0v) is 18.3. The van der Waals surface area contributed by atoms with Gasteiger partial charge in [0.25, 0.3) is 5.91 Å². The molecule has 1 saturated heterocycles. The standard InChI is InChI=1S/C24H21ClN2O2S/c1-15-10-16(2)12-19(11-15)27-22(28)14-30-24(27)17-6-5-7-18(13-17)26-23(29)20-8-3-4-9-21(20)25/h3-13,24H,14H2,1-2H3,(H,26,29)/t24-/m1/s1. The SMILES string of the molecule is Cc1cc(C)cc(N2C(=O)CS[C@@H]2c2cccc(NC(=O)c3ccccc3Cl)c2)c1. The molecule has 0 radical (unpaired) electrons. The number of nitrogens with zero attached hydrogens (tertiary/aromatic N) is 1. The molecule has 4 rings (SSSR count). The zero-order chi connectivity index (χ0) is 21.3. The lowest BCUT2D eigenvalue weighted by Crippen LogP contribution is -2.28. The van der Waals surface area contributed by atoms with Crippen molar-refractivity contribution >= 4 is 46.6 Å². The number of hydrogen-bond donors (Lipinski definition) is 1. The van der Waals surface area contributed by atoms with Gasteiger partial charge in [-0.3, -0.25) is 14.5 Å². The lowest BCUT2D eigenvalue weighted by molar-refractivity contribution is -0.115. The highest BCUT2D eigenvalue weighted by molar-refractivity contribution is 8.00. The number of anilines is 2. The maximum absolute atomic E-state index is 12.7. The van der Waals surface area contributed by atoms with Crippen molar-refractivity contribution in [3.63, 3.8) is 0 Å². The summed E-state index contributed by atoms with van der Waals surface area (Å²) in [6.07, 6.45) is 0. The second kappa shape index (κ2) is 8.54. The number of hydrogen-bond acceptors (Lipinski definition) is 3. The molecule has 2 amide bonds. The van der Waals surface area contributed by atoms with Crippen molar-refractivity contribution in [2.75, 3.05) is 16.0 Å². The summed E-state index contributed by atoms with van der Waals surface area (Å²) in [5.41, 5.74) is 5.19. The third kappa shape index (κ3) is 4.23. The van der Waals surface area contributed by atoms with Crippen LogP contribution in [0.25, 0.3) is 0 Å². The van der Waals surface area contributed by atoms with Crippen LogP contribution < -0.4 is 10.2 Å². The third-order valence-corrected chi connectivity index (χ3v) is 6.44. The van der Waals surface area contributed by atoms with E-state index in [-0.39, 0.29) is 17.2 Å². The number of benzene rings is 3. The molecule has 3 aromatic carbocycles. The van der Waals surface area contributed by atoms with Crippen LogP contribution in [0, 0.1) is 13.8 Å². The number of rotatable bonds is 4. The second-order valence-corrected chi connectivity index (χ2v) is 8.81. The van der Waals surface area contributed by atoms with Crippen molar-refractivity contribution in [2.45, 2.75) is 19.2 Å². The van der Waals surface area contributed by atoms with Gasteiger partial charge >= 0.3 is 0 Å². The van der Waals surface area contributed by atoms with Gasteiger partial charge in [-0.2, -0.15) is 0 Å². The molecule has 1 atom stereocenters. The normalized spacial score (nSPS) is 16.0. The van der Waals surface area contributed by atoms with Gasteiger partial charge in [0.1, 0.15) is 5.37 Å². The van der Waals surface area contributed by atoms with Crippen LogP contribution in [0.15, 0.2) is 66.7 Å². The smallest absolute Gasteiger partial charge is 0.257 e. The molecular weight excluding hydrogens is 416 g/mol. The van der Waals surface area contributed by atoms with Crippen LogP contribution in [0.5, 0.6) is 0 Å². The van der Waals surface area contributed by atoms with Crippen LogP contribution >= 0.6 is 23.4 Å². The Morgan fingerprint density at radius 3 is 2.50 bits per heavy atom. The first-order valence-electron chi connectivity index (χ1n) is 9.60. The summed E-state index contributed by atoms with van der Waals surface area (Å²) in [4.78, 5) is 27.1. The Balaban J connectivity index is 1.62. The molecule has 0 aliphatic carbocycles. The largest absolute Gasteiger partial charge is 0.322 e. The summed E-state index contributed by atoms with van der Waals surface area (Å²) in [6.45, 7) is 4.06. The molecule has 0 unspecified atom stereocenters. The van der Waals surface area contributed by atoms with E-state index in [9.17, 15) is 9.59 Å². The topological polar surface area (TPSA) is 49.4 Å². The fourth-order valence-electron chi connectivity index (χ4n) is 3.65. The average Bonchev–Trinajstić information content (AvgIpc) is 3.09. The monoisotopic (exact) mass is 436 g/mol. The summed E-state index contributed by atoms with van der Waals surface area (Å²) in [7, 11) is 0. The van der Waals surface area contributed by atoms with Gasteiger partial charge in [0.15, 0.2) is 0 Å². The molecule has 3 aromatic rings. The van der Waals surface area contributed by atoms with Crippen molar-refractivity contribution in [3.8, 4) is 0 Å². The summed E-state index contributed by atoms with van der Waals surface area (Å²) >= 11 is 7.73. The minimum absolute atomic E-state index is 0.0838. The van der Waals surface area contributed by atoms with Gasteiger partial charge in [0.2, 0.25) is 5.91 Å². The van der Waals surface area contributed by atoms with Crippen LogP contribution in [-0.2, 0) is 4.79 Å². The van der Waals surface area contributed by atoms with Crippen LogP contribution in [0.4, 0.5) is 11.4 Å². The van der Waals surface area contributed by atoms with Gasteiger partial charge in [-0.1, -0.05) is 41.9 Å². The molecule has 0 bridgehead atoms. The molecular formula is C24H21ClN2O2S. The Hall–Kier alpha value is -2.76. The summed E-state index contributed by atoms with van der Waals surface area (Å²) < 4.78 is 0. The van der Waals surface area contributed by atoms with Crippen molar-refractivity contribution in [3.05, 3.63) is 94.0 Å². The number of halogens is 1. The molecule has 152 valence electrons. The quantitative estimate of drug-likeness (QED) is 0.546. The molecule has 30 heavy (non-hydrogen) atoms. The van der Waals surface area contributed by atoms with Crippen molar-refractivity contribution in [1.29, 1.82) is 0 Å². The molecule has 6 heteroatoms. The summed E-state index contributed by atoms with van der Waals surface area (Å²) in [5.74, 6) is 0.244. The maximum Gasteiger partial charge on any atom is 0.257 e. The molecule has 0 saturated carbocycles. The highest BCUT2D eigenvalue weighted by Crippen LogP contribution is 2.42. The number of aryl methyl sites for hydroxylation is 2. The van der Waals surface area contributed by atoms with Crippen LogP contribution in [0.2, 0.25) is 5.02 Å². The molecule has 1 fully saturated rings. The van der Waals surface area contributed by atoms with Crippen LogP contribution in [0.1, 0.15) is 32.4 Å². The highest BCUT2D eigenvalue weighted by atomic mass is 35.5. The fraction of sp³-hybridized carbons (Fsp3) is 0.167. The van der Waals surface area contributed by atoms with Gasteiger partial charge in [0, 0.05) is 11.4 Å². The number of amides is 2. The number of carbonyl (C=O) groups is 2. The first-order valence-corrected chi connectivity index (χ1v) is 11.0. The molecule has 4 nitrogen and oxygen atoms in total. The third-order valence-electron chi connectivity index (χ3n) is 4.90. The Labute approximate surface area is 185 Å². The molecule has 1 aliphatic heterocycles. The van der Waals surface area contributed by atoms with E-state index in [1.54, 1.807) is 36.0 Å². The van der Waals surface area contributed by atoms with E-state index in [0.717, 1.165) is 22.4 Å². The molecule has 1 aliphatic rings. The summed E-state index contributed by atoms with van der Waals surface area (Å²) in [6, 6.07) is 20.7. The van der Waals surface area contributed by atoms with Crippen molar-refractivity contribution in [1.82, 2.24) is 0 Å². The minimum atomic E-state index is -0.265. The zero-order valence-electron chi connectivity index (χ0n) is 16.7. The summed E-state index contributed by atoms with van der Waals surface area (Å²) in [5, 5.41) is 3.17. The van der Waals surface area contributed by atoms with E-state index in [1.807, 2.05) is 55.1 Å². The molecule has 0 aromatic heterocycles. The van der Waals surface area contributed by atoms with Gasteiger partial charge in [-0.15, -0.1) is 11.8 Å². The predicted molar refractivity (Wildman–Crippen MR) is 124 cm³/mol. The first kappa shape index (κ1) is 20.5. The second-order valence-electron chi connectivity index (χ2n) is 7.33. The van der Waals surface area contributed by atoms with Gasteiger partial charge in [0.05, 0.1) is 16.3 Å². The molecule has 1 heterocycles. The van der Waals surface area contributed by atoms with E-state index in [1.165, 1.54) is 0 Å². The van der Waals surface area contributed by atoms with E-state index in [0.29, 0.717) is 22.0 Å². The Kier molecular flexibility index (Phi) is 5.84. The maximum atomic E-state index is 12.7. The minimum Gasteiger partial charge on any atom is -0.322 e. The number of nitrogens with one attached hydrogen (secondary N) is 1. The highest BCUT2D eigenvalue weighted by Gasteiger charge is 2.34. The van der Waals surface area contributed by atoms with Crippen LogP contribution in [-0.4, -0.2) is 17.6 Å². The first-order chi connectivity index (χ1) is 14.4. The Bertz CT molecular complexity index is 1110. The predicted octanol–water partition coefficient (Wildman–Crippen LogP) is 5.99.